The number of morpholine rings is 1. The molecule has 9 nitrogen and oxygen atoms in total. The van der Waals surface area contributed by atoms with Crippen molar-refractivity contribution in [3.63, 3.8) is 0 Å². The van der Waals surface area contributed by atoms with Crippen molar-refractivity contribution in [3.8, 4) is 11.1 Å². The number of benzene rings is 2. The average Bonchev–Trinajstić information content (AvgIpc) is 3.35. The summed E-state index contributed by atoms with van der Waals surface area (Å²) in [5, 5.41) is 11.0. The van der Waals surface area contributed by atoms with Crippen LogP contribution in [0.2, 0.25) is 0 Å². The van der Waals surface area contributed by atoms with Gasteiger partial charge in [0, 0.05) is 43.0 Å². The van der Waals surface area contributed by atoms with Crippen LogP contribution in [0.25, 0.3) is 22.2 Å². The van der Waals surface area contributed by atoms with Crippen molar-refractivity contribution in [1.29, 1.82) is 0 Å². The molecule has 1 fully saturated rings. The van der Waals surface area contributed by atoms with E-state index in [1.54, 1.807) is 4.90 Å². The first kappa shape index (κ1) is 24.9. The van der Waals surface area contributed by atoms with Crippen LogP contribution in [0, 0.1) is 6.92 Å². The maximum Gasteiger partial charge on any atom is 0.410 e. The quantitative estimate of drug-likeness (QED) is 0.374. The van der Waals surface area contributed by atoms with Crippen LogP contribution in [0.5, 0.6) is 0 Å². The third-order valence-corrected chi connectivity index (χ3v) is 7.64. The molecule has 2 aliphatic rings. The highest BCUT2D eigenvalue weighted by molar-refractivity contribution is 5.84. The lowest BCUT2D eigenvalue weighted by molar-refractivity contribution is -0.00150. The van der Waals surface area contributed by atoms with Gasteiger partial charge in [-0.2, -0.15) is 0 Å². The molecule has 2 aromatic heterocycles. The molecule has 1 saturated heterocycles. The molecule has 0 aliphatic carbocycles. The Hall–Kier alpha value is -4.37. The van der Waals surface area contributed by atoms with E-state index >= 15 is 0 Å². The molecule has 39 heavy (non-hydrogen) atoms. The van der Waals surface area contributed by atoms with Crippen LogP contribution < -0.4 is 0 Å². The Morgan fingerprint density at radius 2 is 2.00 bits per heavy atom. The van der Waals surface area contributed by atoms with E-state index in [0.29, 0.717) is 26.1 Å². The fraction of sp³-hybridized carbons (Fsp3) is 0.300. The number of rotatable bonds is 4. The lowest BCUT2D eigenvalue weighted by Gasteiger charge is -2.37. The van der Waals surface area contributed by atoms with Crippen molar-refractivity contribution in [2.45, 2.75) is 32.5 Å². The predicted molar refractivity (Wildman–Crippen MR) is 145 cm³/mol. The third-order valence-electron chi connectivity index (χ3n) is 7.64. The zero-order chi connectivity index (χ0) is 26.9. The molecular weight excluding hydrogens is 496 g/mol. The Kier molecular flexibility index (Phi) is 6.66. The van der Waals surface area contributed by atoms with Crippen molar-refractivity contribution in [2.24, 2.45) is 0 Å². The number of aryl methyl sites for hydroxylation is 1. The number of amides is 2. The molecule has 0 radical (unpaired) electrons. The van der Waals surface area contributed by atoms with Gasteiger partial charge in [0.2, 0.25) is 0 Å². The number of hydrogen-bond acceptors (Lipinski definition) is 5. The van der Waals surface area contributed by atoms with Gasteiger partial charge in [-0.25, -0.2) is 14.6 Å². The number of pyridine rings is 1. The SMILES string of the molecule is Cc1c[nH]c2ncc(-c3cc4c(c([C@@H]5COCCN5C(=O)O)c3)CN(C(=O)OCc3ccccc3)CC4)cc12. The minimum Gasteiger partial charge on any atom is -0.465 e. The Morgan fingerprint density at radius 3 is 2.82 bits per heavy atom. The number of ether oxygens (including phenoxy) is 2. The van der Waals surface area contributed by atoms with Crippen molar-refractivity contribution in [2.75, 3.05) is 26.3 Å². The molecular formula is C30H30N4O5. The molecule has 0 spiro atoms. The van der Waals surface area contributed by atoms with Crippen LogP contribution >= 0.6 is 0 Å². The smallest absolute Gasteiger partial charge is 0.410 e. The van der Waals surface area contributed by atoms with Gasteiger partial charge in [0.1, 0.15) is 12.3 Å². The number of aromatic nitrogens is 2. The van der Waals surface area contributed by atoms with E-state index < -0.39 is 12.1 Å². The summed E-state index contributed by atoms with van der Waals surface area (Å²) in [6, 6.07) is 15.4. The van der Waals surface area contributed by atoms with Gasteiger partial charge in [-0.1, -0.05) is 36.4 Å². The summed E-state index contributed by atoms with van der Waals surface area (Å²) in [7, 11) is 0. The normalized spacial score (nSPS) is 17.2. The van der Waals surface area contributed by atoms with Gasteiger partial charge in [-0.15, -0.1) is 0 Å². The average molecular weight is 527 g/mol. The molecule has 2 N–H and O–H groups in total. The molecule has 2 aliphatic heterocycles. The second kappa shape index (κ2) is 10.4. The lowest BCUT2D eigenvalue weighted by atomic mass is 9.87. The Labute approximate surface area is 226 Å². The topological polar surface area (TPSA) is 108 Å². The zero-order valence-corrected chi connectivity index (χ0v) is 21.7. The van der Waals surface area contributed by atoms with Gasteiger partial charge < -0.3 is 24.5 Å². The number of carbonyl (C=O) groups is 2. The van der Waals surface area contributed by atoms with E-state index in [9.17, 15) is 14.7 Å². The van der Waals surface area contributed by atoms with E-state index in [1.165, 1.54) is 4.90 Å². The molecule has 200 valence electrons. The molecule has 2 amide bonds. The van der Waals surface area contributed by atoms with Crippen LogP contribution in [-0.2, 0) is 29.0 Å². The molecule has 0 unspecified atom stereocenters. The molecule has 1 atom stereocenters. The molecule has 0 saturated carbocycles. The van der Waals surface area contributed by atoms with Crippen LogP contribution in [0.15, 0.2) is 60.9 Å². The molecule has 4 aromatic rings. The number of aromatic amines is 1. The molecule has 4 heterocycles. The number of nitrogens with one attached hydrogen (secondary N) is 1. The molecule has 9 heteroatoms. The number of carbonyl (C=O) groups excluding carboxylic acids is 1. The summed E-state index contributed by atoms with van der Waals surface area (Å²) in [5.74, 6) is 0. The van der Waals surface area contributed by atoms with Crippen molar-refractivity contribution < 1.29 is 24.2 Å². The van der Waals surface area contributed by atoms with Gasteiger partial charge in [0.05, 0.1) is 19.3 Å². The third kappa shape index (κ3) is 4.93. The van der Waals surface area contributed by atoms with Crippen molar-refractivity contribution in [3.05, 3.63) is 88.7 Å². The van der Waals surface area contributed by atoms with E-state index in [4.69, 9.17) is 9.47 Å². The number of nitrogens with zero attached hydrogens (tertiary/aromatic N) is 3. The van der Waals surface area contributed by atoms with Crippen LogP contribution in [0.3, 0.4) is 0 Å². The first-order valence-corrected chi connectivity index (χ1v) is 13.1. The fourth-order valence-electron chi connectivity index (χ4n) is 5.51. The molecule has 0 bridgehead atoms. The summed E-state index contributed by atoms with van der Waals surface area (Å²) in [4.78, 5) is 36.1. The van der Waals surface area contributed by atoms with E-state index in [-0.39, 0.29) is 25.9 Å². The van der Waals surface area contributed by atoms with Gasteiger partial charge in [-0.3, -0.25) is 4.90 Å². The minimum absolute atomic E-state index is 0.201. The maximum atomic E-state index is 13.0. The highest BCUT2D eigenvalue weighted by atomic mass is 16.6. The van der Waals surface area contributed by atoms with Crippen LogP contribution in [0.1, 0.15) is 33.9 Å². The lowest BCUT2D eigenvalue weighted by Crippen LogP contribution is -2.44. The van der Waals surface area contributed by atoms with Crippen molar-refractivity contribution in [1.82, 2.24) is 19.8 Å². The Bertz CT molecular complexity index is 1530. The Balaban J connectivity index is 1.36. The van der Waals surface area contributed by atoms with E-state index in [2.05, 4.69) is 22.1 Å². The first-order valence-electron chi connectivity index (χ1n) is 13.1. The zero-order valence-electron chi connectivity index (χ0n) is 21.7. The second-order valence-electron chi connectivity index (χ2n) is 10.1. The summed E-state index contributed by atoms with van der Waals surface area (Å²) in [5.41, 5.74) is 7.69. The number of fused-ring (bicyclic) bond motifs is 2. The van der Waals surface area contributed by atoms with Gasteiger partial charge >= 0.3 is 12.2 Å². The minimum atomic E-state index is -0.983. The highest BCUT2D eigenvalue weighted by Crippen LogP contribution is 2.37. The summed E-state index contributed by atoms with van der Waals surface area (Å²) >= 11 is 0. The number of hydrogen-bond donors (Lipinski definition) is 2. The summed E-state index contributed by atoms with van der Waals surface area (Å²) < 4.78 is 11.4. The molecule has 2 aromatic carbocycles. The van der Waals surface area contributed by atoms with Crippen LogP contribution in [-0.4, -0.2) is 63.4 Å². The van der Waals surface area contributed by atoms with Crippen LogP contribution in [0.4, 0.5) is 9.59 Å². The summed E-state index contributed by atoms with van der Waals surface area (Å²) in [6.45, 7) is 4.01. The van der Waals surface area contributed by atoms with E-state index in [1.807, 2.05) is 55.7 Å². The van der Waals surface area contributed by atoms with Gasteiger partial charge in [0.25, 0.3) is 0 Å². The fourth-order valence-corrected chi connectivity index (χ4v) is 5.51. The highest BCUT2D eigenvalue weighted by Gasteiger charge is 2.33. The first-order chi connectivity index (χ1) is 19.0. The molecule has 6 rings (SSSR count). The van der Waals surface area contributed by atoms with E-state index in [0.717, 1.165) is 50.0 Å². The number of H-pyrrole nitrogens is 1. The van der Waals surface area contributed by atoms with Gasteiger partial charge in [0.15, 0.2) is 0 Å². The largest absolute Gasteiger partial charge is 0.465 e. The van der Waals surface area contributed by atoms with Gasteiger partial charge in [-0.05, 0) is 58.9 Å². The number of carboxylic acid groups (broad SMARTS) is 1. The standard InChI is InChI=1S/C30H30N4O5/c1-19-14-31-28-24(19)13-23(15-32-28)22-11-21-7-8-33(30(37)39-17-20-5-3-2-4-6-20)16-26(21)25(12-22)27-18-38-10-9-34(27)29(35)36/h2-6,11-15,27H,7-10,16-18H2,1H3,(H,31,32)(H,35,36)/t27-/m0/s1. The second-order valence-corrected chi connectivity index (χ2v) is 10.1. The Morgan fingerprint density at radius 1 is 1.15 bits per heavy atom. The van der Waals surface area contributed by atoms with Crippen molar-refractivity contribution >= 4 is 23.2 Å². The monoisotopic (exact) mass is 526 g/mol. The maximum absolute atomic E-state index is 13.0. The summed E-state index contributed by atoms with van der Waals surface area (Å²) in [6.07, 6.45) is 3.05. The predicted octanol–water partition coefficient (Wildman–Crippen LogP) is 5.28.